The summed E-state index contributed by atoms with van der Waals surface area (Å²) in [5, 5.41) is 0. The first-order valence-electron chi connectivity index (χ1n) is 11.0. The van der Waals surface area contributed by atoms with Gasteiger partial charge in [0.25, 0.3) is 10.0 Å². The molecule has 6 nitrogen and oxygen atoms in total. The minimum Gasteiger partial charge on any atom is -0.497 e. The smallest absolute Gasteiger partial charge is 0.343 e. The number of rotatable bonds is 8. The van der Waals surface area contributed by atoms with Crippen molar-refractivity contribution in [1.29, 1.82) is 0 Å². The van der Waals surface area contributed by atoms with Crippen molar-refractivity contribution in [2.45, 2.75) is 18.4 Å². The summed E-state index contributed by atoms with van der Waals surface area (Å²) in [7, 11) is -2.47. The molecule has 0 bridgehead atoms. The summed E-state index contributed by atoms with van der Waals surface area (Å²) in [6.07, 6.45) is 0. The van der Waals surface area contributed by atoms with Crippen LogP contribution in [-0.4, -0.2) is 21.5 Å². The van der Waals surface area contributed by atoms with Crippen molar-refractivity contribution in [3.63, 3.8) is 0 Å². The van der Waals surface area contributed by atoms with E-state index in [-0.39, 0.29) is 17.0 Å². The Labute approximate surface area is 205 Å². The Morgan fingerprint density at radius 2 is 1.51 bits per heavy atom. The van der Waals surface area contributed by atoms with Crippen LogP contribution in [0.1, 0.15) is 21.5 Å². The molecule has 0 saturated heterocycles. The molecule has 4 aromatic rings. The van der Waals surface area contributed by atoms with E-state index in [2.05, 4.69) is 0 Å². The first-order valence-corrected chi connectivity index (χ1v) is 12.4. The van der Waals surface area contributed by atoms with Crippen LogP contribution >= 0.6 is 0 Å². The zero-order chi connectivity index (χ0) is 24.8. The van der Waals surface area contributed by atoms with E-state index in [1.165, 1.54) is 28.6 Å². The summed E-state index contributed by atoms with van der Waals surface area (Å²) in [6.45, 7) is 2.01. The fraction of sp³-hybridized carbons (Fsp3) is 0.107. The molecule has 0 fully saturated rings. The van der Waals surface area contributed by atoms with E-state index in [1.807, 2.05) is 43.3 Å². The molecular weight excluding hydrogens is 462 g/mol. The second-order valence-corrected chi connectivity index (χ2v) is 9.79. The van der Waals surface area contributed by atoms with Crippen LogP contribution in [0.2, 0.25) is 0 Å². The monoisotopic (exact) mass is 487 g/mol. The zero-order valence-corrected chi connectivity index (χ0v) is 20.2. The third kappa shape index (κ3) is 5.70. The summed E-state index contributed by atoms with van der Waals surface area (Å²) in [4.78, 5) is 12.8. The molecule has 0 atom stereocenters. The van der Waals surface area contributed by atoms with E-state index in [0.717, 1.165) is 11.1 Å². The number of sulfonamides is 1. The highest BCUT2D eigenvalue weighted by molar-refractivity contribution is 7.92. The minimum atomic E-state index is -4.02. The van der Waals surface area contributed by atoms with Gasteiger partial charge in [-0.1, -0.05) is 48.5 Å². The van der Waals surface area contributed by atoms with Crippen LogP contribution < -0.4 is 13.8 Å². The van der Waals surface area contributed by atoms with Crippen LogP contribution in [0.25, 0.3) is 0 Å². The second-order valence-electron chi connectivity index (χ2n) is 7.93. The standard InChI is InChI=1S/C28H25NO5S/c1-21-8-6-12-26(18-21)34-28(30)23-11-7-13-27(19-23)35(31,32)29(20-22-9-4-3-5-10-22)24-14-16-25(33-2)17-15-24/h3-19H,20H2,1-2H3. The van der Waals surface area contributed by atoms with Gasteiger partial charge in [-0.15, -0.1) is 0 Å². The fourth-order valence-corrected chi connectivity index (χ4v) is 5.07. The maximum Gasteiger partial charge on any atom is 0.343 e. The van der Waals surface area contributed by atoms with Crippen molar-refractivity contribution in [1.82, 2.24) is 0 Å². The first-order chi connectivity index (χ1) is 16.9. The lowest BCUT2D eigenvalue weighted by Crippen LogP contribution is -2.30. The molecule has 35 heavy (non-hydrogen) atoms. The zero-order valence-electron chi connectivity index (χ0n) is 19.4. The predicted molar refractivity (Wildman–Crippen MR) is 135 cm³/mol. The predicted octanol–water partition coefficient (Wildman–Crippen LogP) is 5.62. The van der Waals surface area contributed by atoms with Crippen LogP contribution in [-0.2, 0) is 16.6 Å². The average Bonchev–Trinajstić information content (AvgIpc) is 2.88. The van der Waals surface area contributed by atoms with E-state index in [1.54, 1.807) is 49.6 Å². The molecule has 0 aliphatic rings. The Bertz CT molecular complexity index is 1420. The number of carbonyl (C=O) groups excluding carboxylic acids is 1. The average molecular weight is 488 g/mol. The molecule has 0 aromatic heterocycles. The Morgan fingerprint density at radius 1 is 0.800 bits per heavy atom. The van der Waals surface area contributed by atoms with Crippen LogP contribution in [0.3, 0.4) is 0 Å². The Hall–Kier alpha value is -4.10. The number of aryl methyl sites for hydroxylation is 1. The molecule has 0 radical (unpaired) electrons. The molecular formula is C28H25NO5S. The second kappa shape index (κ2) is 10.4. The number of hydrogen-bond acceptors (Lipinski definition) is 5. The number of nitrogens with zero attached hydrogens (tertiary/aromatic N) is 1. The van der Waals surface area contributed by atoms with E-state index >= 15 is 0 Å². The molecule has 4 aromatic carbocycles. The number of hydrogen-bond donors (Lipinski definition) is 0. The van der Waals surface area contributed by atoms with Gasteiger partial charge in [0.05, 0.1) is 29.8 Å². The van der Waals surface area contributed by atoms with Crippen LogP contribution in [0.5, 0.6) is 11.5 Å². The van der Waals surface area contributed by atoms with Crippen molar-refractivity contribution < 1.29 is 22.7 Å². The van der Waals surface area contributed by atoms with E-state index < -0.39 is 16.0 Å². The Balaban J connectivity index is 1.68. The number of esters is 1. The van der Waals surface area contributed by atoms with E-state index in [9.17, 15) is 13.2 Å². The quantitative estimate of drug-likeness (QED) is 0.238. The molecule has 0 aliphatic heterocycles. The third-order valence-electron chi connectivity index (χ3n) is 5.39. The molecule has 0 aliphatic carbocycles. The molecule has 7 heteroatoms. The minimum absolute atomic E-state index is 0.0112. The highest BCUT2D eigenvalue weighted by Crippen LogP contribution is 2.28. The normalized spacial score (nSPS) is 11.0. The molecule has 0 heterocycles. The number of methoxy groups -OCH3 is 1. The van der Waals surface area contributed by atoms with Gasteiger partial charge in [0.1, 0.15) is 11.5 Å². The summed E-state index contributed by atoms with van der Waals surface area (Å²) in [5.74, 6) is 0.380. The highest BCUT2D eigenvalue weighted by atomic mass is 32.2. The van der Waals surface area contributed by atoms with Gasteiger partial charge in [-0.05, 0) is 72.6 Å². The number of ether oxygens (including phenoxy) is 2. The molecule has 0 spiro atoms. The van der Waals surface area contributed by atoms with Gasteiger partial charge in [0.2, 0.25) is 0 Å². The number of carbonyl (C=O) groups is 1. The molecule has 0 amide bonds. The fourth-order valence-electron chi connectivity index (χ4n) is 3.57. The van der Waals surface area contributed by atoms with Gasteiger partial charge < -0.3 is 9.47 Å². The van der Waals surface area contributed by atoms with Crippen LogP contribution in [0, 0.1) is 6.92 Å². The summed E-state index contributed by atoms with van der Waals surface area (Å²) >= 11 is 0. The molecule has 0 N–H and O–H groups in total. The third-order valence-corrected chi connectivity index (χ3v) is 7.16. The SMILES string of the molecule is COc1ccc(N(Cc2ccccc2)S(=O)(=O)c2cccc(C(=O)Oc3cccc(C)c3)c2)cc1. The Kier molecular flexibility index (Phi) is 7.17. The summed E-state index contributed by atoms with van der Waals surface area (Å²) in [5.41, 5.74) is 2.38. The lowest BCUT2D eigenvalue weighted by molar-refractivity contribution is 0.0734. The molecule has 0 unspecified atom stereocenters. The molecule has 178 valence electrons. The van der Waals surface area contributed by atoms with Crippen molar-refractivity contribution in [3.05, 3.63) is 120 Å². The van der Waals surface area contributed by atoms with Gasteiger partial charge in [0.15, 0.2) is 0 Å². The summed E-state index contributed by atoms with van der Waals surface area (Å²) < 4.78 is 39.6. The van der Waals surface area contributed by atoms with Crippen molar-refractivity contribution in [2.24, 2.45) is 0 Å². The number of anilines is 1. The largest absolute Gasteiger partial charge is 0.497 e. The van der Waals surface area contributed by atoms with Gasteiger partial charge in [-0.3, -0.25) is 4.31 Å². The maximum absolute atomic E-state index is 13.8. The van der Waals surface area contributed by atoms with E-state index in [0.29, 0.717) is 17.2 Å². The van der Waals surface area contributed by atoms with Crippen LogP contribution in [0.4, 0.5) is 5.69 Å². The Morgan fingerprint density at radius 3 is 2.20 bits per heavy atom. The maximum atomic E-state index is 13.8. The van der Waals surface area contributed by atoms with E-state index in [4.69, 9.17) is 9.47 Å². The van der Waals surface area contributed by atoms with Crippen molar-refractivity contribution in [3.8, 4) is 11.5 Å². The number of benzene rings is 4. The lowest BCUT2D eigenvalue weighted by Gasteiger charge is -2.25. The van der Waals surface area contributed by atoms with Crippen LogP contribution in [0.15, 0.2) is 108 Å². The molecule has 4 rings (SSSR count). The first kappa shape index (κ1) is 24.0. The van der Waals surface area contributed by atoms with Crippen molar-refractivity contribution >= 4 is 21.7 Å². The van der Waals surface area contributed by atoms with Crippen molar-refractivity contribution in [2.75, 3.05) is 11.4 Å². The topological polar surface area (TPSA) is 72.9 Å². The highest BCUT2D eigenvalue weighted by Gasteiger charge is 2.26. The molecule has 0 saturated carbocycles. The van der Waals surface area contributed by atoms with Gasteiger partial charge >= 0.3 is 5.97 Å². The summed E-state index contributed by atoms with van der Waals surface area (Å²) in [6, 6.07) is 29.1. The van der Waals surface area contributed by atoms with Gasteiger partial charge in [0, 0.05) is 0 Å². The lowest BCUT2D eigenvalue weighted by atomic mass is 10.2. The van der Waals surface area contributed by atoms with Gasteiger partial charge in [-0.25, -0.2) is 13.2 Å². The van der Waals surface area contributed by atoms with Gasteiger partial charge in [-0.2, -0.15) is 0 Å².